The van der Waals surface area contributed by atoms with Crippen molar-refractivity contribution in [2.75, 3.05) is 17.2 Å². The molecule has 98 valence electrons. The minimum absolute atomic E-state index is 0.126. The number of hydrogen-bond acceptors (Lipinski definition) is 3. The predicted octanol–water partition coefficient (Wildman–Crippen LogP) is 1.15. The molecule has 6 heteroatoms. The second-order valence-electron chi connectivity index (χ2n) is 3.94. The lowest BCUT2D eigenvalue weighted by molar-refractivity contribution is -0.114. The number of aliphatic hydroxyl groups excluding tert-OH is 1. The Labute approximate surface area is 105 Å². The lowest BCUT2D eigenvalue weighted by Gasteiger charge is -2.12. The summed E-state index contributed by atoms with van der Waals surface area (Å²) >= 11 is 0. The van der Waals surface area contributed by atoms with E-state index in [4.69, 9.17) is 5.11 Å². The van der Waals surface area contributed by atoms with Gasteiger partial charge in [-0.3, -0.25) is 4.79 Å². The highest BCUT2D eigenvalue weighted by atomic mass is 16.3. The van der Waals surface area contributed by atoms with Crippen LogP contribution in [0.3, 0.4) is 0 Å². The molecule has 1 aromatic rings. The summed E-state index contributed by atoms with van der Waals surface area (Å²) in [5.41, 5.74) is 1.17. The Morgan fingerprint density at radius 2 is 1.89 bits per heavy atom. The van der Waals surface area contributed by atoms with E-state index in [2.05, 4.69) is 16.0 Å². The summed E-state index contributed by atoms with van der Waals surface area (Å²) in [6, 6.07) is 6.07. The second kappa shape index (κ2) is 6.61. The molecule has 6 nitrogen and oxygen atoms in total. The average Bonchev–Trinajstić information content (AvgIpc) is 2.28. The molecule has 0 spiro atoms. The number of carbonyl (C=O) groups excluding carboxylic acids is 2. The zero-order valence-electron chi connectivity index (χ0n) is 10.4. The number of anilines is 2. The largest absolute Gasteiger partial charge is 0.394 e. The molecule has 0 saturated heterocycles. The van der Waals surface area contributed by atoms with Crippen molar-refractivity contribution < 1.29 is 14.7 Å². The Morgan fingerprint density at radius 1 is 1.28 bits per heavy atom. The topological polar surface area (TPSA) is 90.5 Å². The molecule has 0 heterocycles. The van der Waals surface area contributed by atoms with Crippen LogP contribution in [0, 0.1) is 0 Å². The van der Waals surface area contributed by atoms with Crippen molar-refractivity contribution in [2.24, 2.45) is 0 Å². The van der Waals surface area contributed by atoms with Crippen LogP contribution < -0.4 is 16.0 Å². The molecule has 0 fully saturated rings. The average molecular weight is 251 g/mol. The number of urea groups is 1. The molecule has 1 rings (SSSR count). The van der Waals surface area contributed by atoms with Crippen LogP contribution >= 0.6 is 0 Å². The smallest absolute Gasteiger partial charge is 0.319 e. The Kier molecular flexibility index (Phi) is 5.13. The van der Waals surface area contributed by atoms with Gasteiger partial charge in [-0.25, -0.2) is 4.79 Å². The second-order valence-corrected chi connectivity index (χ2v) is 3.94. The van der Waals surface area contributed by atoms with E-state index in [9.17, 15) is 9.59 Å². The van der Waals surface area contributed by atoms with E-state index in [-0.39, 0.29) is 18.6 Å². The normalized spacial score (nSPS) is 11.5. The summed E-state index contributed by atoms with van der Waals surface area (Å²) < 4.78 is 0. The van der Waals surface area contributed by atoms with Gasteiger partial charge in [-0.15, -0.1) is 0 Å². The third kappa shape index (κ3) is 4.84. The van der Waals surface area contributed by atoms with E-state index in [0.29, 0.717) is 11.4 Å². The summed E-state index contributed by atoms with van der Waals surface area (Å²) in [7, 11) is 0. The summed E-state index contributed by atoms with van der Waals surface area (Å²) in [4.78, 5) is 22.4. The number of benzene rings is 1. The van der Waals surface area contributed by atoms with Crippen molar-refractivity contribution in [1.82, 2.24) is 5.32 Å². The number of nitrogens with one attached hydrogen (secondary N) is 3. The molecule has 0 bridgehead atoms. The van der Waals surface area contributed by atoms with Crippen molar-refractivity contribution in [1.29, 1.82) is 0 Å². The molecule has 0 aromatic heterocycles. The molecule has 0 saturated carbocycles. The fourth-order valence-electron chi connectivity index (χ4n) is 1.31. The van der Waals surface area contributed by atoms with Crippen LogP contribution in [0.4, 0.5) is 16.2 Å². The first-order chi connectivity index (χ1) is 8.51. The van der Waals surface area contributed by atoms with Gasteiger partial charge in [-0.2, -0.15) is 0 Å². The first-order valence-corrected chi connectivity index (χ1v) is 5.57. The van der Waals surface area contributed by atoms with E-state index in [1.165, 1.54) is 6.92 Å². The first-order valence-electron chi connectivity index (χ1n) is 5.57. The SMILES string of the molecule is CC(=O)Nc1cccc(NC(=O)N[C@H](C)CO)c1. The number of carbonyl (C=O) groups is 2. The molecule has 0 aliphatic carbocycles. The maximum atomic E-state index is 11.5. The minimum atomic E-state index is -0.406. The number of hydrogen-bond donors (Lipinski definition) is 4. The van der Waals surface area contributed by atoms with E-state index >= 15 is 0 Å². The maximum absolute atomic E-state index is 11.5. The Bertz CT molecular complexity index is 434. The molecule has 0 aliphatic heterocycles. The highest BCUT2D eigenvalue weighted by molar-refractivity contribution is 5.92. The van der Waals surface area contributed by atoms with Gasteiger partial charge in [-0.05, 0) is 25.1 Å². The molecule has 1 atom stereocenters. The van der Waals surface area contributed by atoms with E-state index < -0.39 is 6.03 Å². The summed E-state index contributed by atoms with van der Waals surface area (Å²) in [5.74, 6) is -0.175. The van der Waals surface area contributed by atoms with Crippen LogP contribution in [0.2, 0.25) is 0 Å². The van der Waals surface area contributed by atoms with Crippen molar-refractivity contribution in [3.63, 3.8) is 0 Å². The molecule has 4 N–H and O–H groups in total. The van der Waals surface area contributed by atoms with Crippen molar-refractivity contribution in [2.45, 2.75) is 19.9 Å². The molecular formula is C12H17N3O3. The van der Waals surface area contributed by atoms with Gasteiger partial charge in [0, 0.05) is 18.3 Å². The number of amides is 3. The zero-order chi connectivity index (χ0) is 13.5. The molecular weight excluding hydrogens is 234 g/mol. The molecule has 3 amide bonds. The van der Waals surface area contributed by atoms with Gasteiger partial charge < -0.3 is 21.1 Å². The monoisotopic (exact) mass is 251 g/mol. The van der Waals surface area contributed by atoms with Gasteiger partial charge in [0.2, 0.25) is 5.91 Å². The van der Waals surface area contributed by atoms with Gasteiger partial charge in [-0.1, -0.05) is 6.07 Å². The van der Waals surface area contributed by atoms with Crippen LogP contribution in [-0.4, -0.2) is 29.7 Å². The standard InChI is InChI=1S/C12H17N3O3/c1-8(7-16)13-12(18)15-11-5-3-4-10(6-11)14-9(2)17/h3-6,8,16H,7H2,1-2H3,(H,14,17)(H2,13,15,18)/t8-/m1/s1. The minimum Gasteiger partial charge on any atom is -0.394 e. The molecule has 0 unspecified atom stereocenters. The number of rotatable bonds is 4. The van der Waals surface area contributed by atoms with Crippen LogP contribution in [0.15, 0.2) is 24.3 Å². The van der Waals surface area contributed by atoms with Gasteiger partial charge in [0.1, 0.15) is 0 Å². The Balaban J connectivity index is 2.61. The van der Waals surface area contributed by atoms with Crippen LogP contribution in [0.1, 0.15) is 13.8 Å². The zero-order valence-corrected chi connectivity index (χ0v) is 10.4. The first kappa shape index (κ1) is 14.0. The highest BCUT2D eigenvalue weighted by Crippen LogP contribution is 2.14. The molecule has 0 radical (unpaired) electrons. The molecule has 0 aliphatic rings. The van der Waals surface area contributed by atoms with Gasteiger partial charge >= 0.3 is 6.03 Å². The number of aliphatic hydroxyl groups is 1. The quantitative estimate of drug-likeness (QED) is 0.647. The van der Waals surface area contributed by atoms with Crippen molar-refractivity contribution in [3.05, 3.63) is 24.3 Å². The summed E-state index contributed by atoms with van der Waals surface area (Å²) in [6.45, 7) is 2.97. The fraction of sp³-hybridized carbons (Fsp3) is 0.333. The van der Waals surface area contributed by atoms with Crippen molar-refractivity contribution in [3.8, 4) is 0 Å². The maximum Gasteiger partial charge on any atom is 0.319 e. The van der Waals surface area contributed by atoms with Crippen LogP contribution in [0.25, 0.3) is 0 Å². The van der Waals surface area contributed by atoms with E-state index in [0.717, 1.165) is 0 Å². The summed E-state index contributed by atoms with van der Waals surface area (Å²) in [6.07, 6.45) is 0. The van der Waals surface area contributed by atoms with Gasteiger partial charge in [0.05, 0.1) is 12.6 Å². The lowest BCUT2D eigenvalue weighted by Crippen LogP contribution is -2.38. The van der Waals surface area contributed by atoms with Crippen LogP contribution in [0.5, 0.6) is 0 Å². The van der Waals surface area contributed by atoms with Gasteiger partial charge in [0.25, 0.3) is 0 Å². The molecule has 18 heavy (non-hydrogen) atoms. The predicted molar refractivity (Wildman–Crippen MR) is 69.4 cm³/mol. The van der Waals surface area contributed by atoms with Crippen LogP contribution in [-0.2, 0) is 4.79 Å². The summed E-state index contributed by atoms with van der Waals surface area (Å²) in [5, 5.41) is 16.6. The highest BCUT2D eigenvalue weighted by Gasteiger charge is 2.06. The fourth-order valence-corrected chi connectivity index (χ4v) is 1.31. The van der Waals surface area contributed by atoms with E-state index in [1.54, 1.807) is 31.2 Å². The van der Waals surface area contributed by atoms with Crippen molar-refractivity contribution >= 4 is 23.3 Å². The molecule has 1 aromatic carbocycles. The third-order valence-electron chi connectivity index (χ3n) is 2.09. The van der Waals surface area contributed by atoms with E-state index in [1.807, 2.05) is 0 Å². The Morgan fingerprint density at radius 3 is 2.44 bits per heavy atom. The Hall–Kier alpha value is -2.08. The van der Waals surface area contributed by atoms with Gasteiger partial charge in [0.15, 0.2) is 0 Å². The lowest BCUT2D eigenvalue weighted by atomic mass is 10.2. The third-order valence-corrected chi connectivity index (χ3v) is 2.09.